The third-order valence-electron chi connectivity index (χ3n) is 4.56. The zero-order chi connectivity index (χ0) is 20.6. The monoisotopic (exact) mass is 396 g/mol. The van der Waals surface area contributed by atoms with Gasteiger partial charge >= 0.3 is 6.03 Å². The van der Waals surface area contributed by atoms with E-state index < -0.39 is 0 Å². The lowest BCUT2D eigenvalue weighted by molar-refractivity contribution is 0.238. The minimum Gasteiger partial charge on any atom is -0.494 e. The molecule has 7 heteroatoms. The summed E-state index contributed by atoms with van der Waals surface area (Å²) < 4.78 is 20.2. The Kier molecular flexibility index (Phi) is 6.84. The smallest absolute Gasteiger partial charge is 0.315 e. The quantitative estimate of drug-likeness (QED) is 0.568. The second-order valence-corrected chi connectivity index (χ2v) is 6.66. The normalized spacial score (nSPS) is 10.6. The first-order chi connectivity index (χ1) is 14.0. The molecule has 1 heterocycles. The summed E-state index contributed by atoms with van der Waals surface area (Å²) >= 11 is 0. The first-order valence-electron chi connectivity index (χ1n) is 9.55. The lowest BCUT2D eigenvalue weighted by atomic mass is 10.2. The molecular formula is C22H25FN4O2. The molecule has 3 rings (SSSR count). The topological polar surface area (TPSA) is 68.2 Å². The molecule has 0 aliphatic rings. The number of halogens is 1. The van der Waals surface area contributed by atoms with E-state index in [4.69, 9.17) is 4.74 Å². The second kappa shape index (κ2) is 9.73. The highest BCUT2D eigenvalue weighted by atomic mass is 19.1. The number of para-hydroxylation sites is 1. The van der Waals surface area contributed by atoms with Crippen LogP contribution in [0.5, 0.6) is 5.75 Å². The maximum atomic E-state index is 12.8. The van der Waals surface area contributed by atoms with Gasteiger partial charge in [0, 0.05) is 24.3 Å². The van der Waals surface area contributed by atoms with Gasteiger partial charge in [0.25, 0.3) is 0 Å². The van der Waals surface area contributed by atoms with Crippen LogP contribution < -0.4 is 15.4 Å². The summed E-state index contributed by atoms with van der Waals surface area (Å²) in [5, 5.41) is 10.3. The number of carbonyl (C=O) groups excluding carboxylic acids is 1. The first kappa shape index (κ1) is 20.4. The summed E-state index contributed by atoms with van der Waals surface area (Å²) in [6, 6.07) is 15.5. The fraction of sp³-hybridized carbons (Fsp3) is 0.273. The van der Waals surface area contributed by atoms with Crippen molar-refractivity contribution < 1.29 is 13.9 Å². The van der Waals surface area contributed by atoms with Gasteiger partial charge in [0.1, 0.15) is 11.6 Å². The molecule has 0 saturated carbocycles. The Morgan fingerprint density at radius 3 is 2.52 bits per heavy atom. The van der Waals surface area contributed by atoms with Crippen molar-refractivity contribution in [3.8, 4) is 11.4 Å². The van der Waals surface area contributed by atoms with Crippen LogP contribution >= 0.6 is 0 Å². The van der Waals surface area contributed by atoms with Gasteiger partial charge in [0.2, 0.25) is 0 Å². The number of amides is 2. The second-order valence-electron chi connectivity index (χ2n) is 6.66. The van der Waals surface area contributed by atoms with Crippen LogP contribution in [0, 0.1) is 19.7 Å². The van der Waals surface area contributed by atoms with Crippen LogP contribution in [0.2, 0.25) is 0 Å². The lowest BCUT2D eigenvalue weighted by Gasteiger charge is -2.09. The molecule has 1 aromatic heterocycles. The SMILES string of the molecule is Cc1nn(-c2ccccc2)c(C)c1CNC(=O)NCCCOc1ccc(F)cc1. The molecule has 152 valence electrons. The predicted octanol–water partition coefficient (Wildman–Crippen LogP) is 3.90. The molecular weight excluding hydrogens is 371 g/mol. The summed E-state index contributed by atoms with van der Waals surface area (Å²) in [6.07, 6.45) is 0.648. The number of hydrogen-bond acceptors (Lipinski definition) is 3. The molecule has 0 spiro atoms. The highest BCUT2D eigenvalue weighted by Crippen LogP contribution is 2.17. The zero-order valence-corrected chi connectivity index (χ0v) is 16.6. The molecule has 0 atom stereocenters. The highest BCUT2D eigenvalue weighted by Gasteiger charge is 2.13. The molecule has 0 unspecified atom stereocenters. The third-order valence-corrected chi connectivity index (χ3v) is 4.56. The molecule has 0 aliphatic carbocycles. The number of ether oxygens (including phenoxy) is 1. The number of carbonyl (C=O) groups is 1. The summed E-state index contributed by atoms with van der Waals surface area (Å²) in [5.41, 5.74) is 3.88. The van der Waals surface area contributed by atoms with Gasteiger partial charge in [0.15, 0.2) is 0 Å². The van der Waals surface area contributed by atoms with E-state index in [1.807, 2.05) is 48.9 Å². The largest absolute Gasteiger partial charge is 0.494 e. The summed E-state index contributed by atoms with van der Waals surface area (Å²) in [5.74, 6) is 0.313. The number of rotatable bonds is 8. The van der Waals surface area contributed by atoms with Crippen LogP contribution in [0.4, 0.5) is 9.18 Å². The van der Waals surface area contributed by atoms with Crippen molar-refractivity contribution in [1.29, 1.82) is 0 Å². The van der Waals surface area contributed by atoms with E-state index in [0.29, 0.717) is 31.9 Å². The van der Waals surface area contributed by atoms with Crippen LogP contribution in [0.25, 0.3) is 5.69 Å². The molecule has 0 saturated heterocycles. The first-order valence-corrected chi connectivity index (χ1v) is 9.55. The van der Waals surface area contributed by atoms with E-state index in [2.05, 4.69) is 15.7 Å². The molecule has 0 radical (unpaired) electrons. The standard InChI is InChI=1S/C22H25FN4O2/c1-16-21(17(2)27(26-16)19-7-4-3-5-8-19)15-25-22(28)24-13-6-14-29-20-11-9-18(23)10-12-20/h3-5,7-12H,6,13-15H2,1-2H3,(H2,24,25,28). The predicted molar refractivity (Wildman–Crippen MR) is 110 cm³/mol. The van der Waals surface area contributed by atoms with Crippen LogP contribution in [0.1, 0.15) is 23.4 Å². The third kappa shape index (κ3) is 5.57. The van der Waals surface area contributed by atoms with Crippen LogP contribution in [-0.2, 0) is 6.54 Å². The average molecular weight is 396 g/mol. The van der Waals surface area contributed by atoms with Crippen molar-refractivity contribution in [2.75, 3.05) is 13.2 Å². The van der Waals surface area contributed by atoms with Crippen molar-refractivity contribution in [3.05, 3.63) is 77.4 Å². The van der Waals surface area contributed by atoms with Gasteiger partial charge in [-0.3, -0.25) is 0 Å². The van der Waals surface area contributed by atoms with E-state index in [9.17, 15) is 9.18 Å². The number of urea groups is 1. The molecule has 6 nitrogen and oxygen atoms in total. The Morgan fingerprint density at radius 1 is 1.07 bits per heavy atom. The molecule has 0 aliphatic heterocycles. The molecule has 29 heavy (non-hydrogen) atoms. The number of aromatic nitrogens is 2. The van der Waals surface area contributed by atoms with E-state index in [0.717, 1.165) is 22.6 Å². The minimum absolute atomic E-state index is 0.238. The molecule has 2 amide bonds. The minimum atomic E-state index is -0.296. The van der Waals surface area contributed by atoms with Gasteiger partial charge < -0.3 is 15.4 Å². The highest BCUT2D eigenvalue weighted by molar-refractivity contribution is 5.73. The summed E-state index contributed by atoms with van der Waals surface area (Å²) in [7, 11) is 0. The van der Waals surface area contributed by atoms with Gasteiger partial charge in [-0.2, -0.15) is 5.10 Å². The number of nitrogens with one attached hydrogen (secondary N) is 2. The van der Waals surface area contributed by atoms with Crippen molar-refractivity contribution >= 4 is 6.03 Å². The van der Waals surface area contributed by atoms with Crippen molar-refractivity contribution in [1.82, 2.24) is 20.4 Å². The Labute approximate surface area is 169 Å². The number of aryl methyl sites for hydroxylation is 1. The average Bonchev–Trinajstić information content (AvgIpc) is 3.02. The maximum Gasteiger partial charge on any atom is 0.315 e. The Morgan fingerprint density at radius 2 is 1.79 bits per heavy atom. The molecule has 2 aromatic carbocycles. The van der Waals surface area contributed by atoms with E-state index in [-0.39, 0.29) is 11.8 Å². The number of benzene rings is 2. The lowest BCUT2D eigenvalue weighted by Crippen LogP contribution is -2.36. The number of nitrogens with zero attached hydrogens (tertiary/aromatic N) is 2. The molecule has 2 N–H and O–H groups in total. The Hall–Kier alpha value is -3.35. The van der Waals surface area contributed by atoms with Crippen molar-refractivity contribution in [3.63, 3.8) is 0 Å². The van der Waals surface area contributed by atoms with Gasteiger partial charge in [-0.15, -0.1) is 0 Å². The Bertz CT molecular complexity index is 939. The van der Waals surface area contributed by atoms with Gasteiger partial charge in [-0.05, 0) is 56.7 Å². The van der Waals surface area contributed by atoms with E-state index >= 15 is 0 Å². The number of hydrogen-bond donors (Lipinski definition) is 2. The Balaban J connectivity index is 1.41. The maximum absolute atomic E-state index is 12.8. The van der Waals surface area contributed by atoms with E-state index in [1.165, 1.54) is 12.1 Å². The van der Waals surface area contributed by atoms with Crippen molar-refractivity contribution in [2.24, 2.45) is 0 Å². The molecule has 3 aromatic rings. The van der Waals surface area contributed by atoms with Gasteiger partial charge in [-0.25, -0.2) is 13.9 Å². The summed E-state index contributed by atoms with van der Waals surface area (Å²) in [4.78, 5) is 12.1. The van der Waals surface area contributed by atoms with Crippen LogP contribution in [-0.4, -0.2) is 29.0 Å². The summed E-state index contributed by atoms with van der Waals surface area (Å²) in [6.45, 7) is 5.26. The van der Waals surface area contributed by atoms with Gasteiger partial charge in [0.05, 0.1) is 18.0 Å². The molecule has 0 bridgehead atoms. The fourth-order valence-electron chi connectivity index (χ4n) is 2.98. The van der Waals surface area contributed by atoms with E-state index in [1.54, 1.807) is 12.1 Å². The zero-order valence-electron chi connectivity index (χ0n) is 16.6. The van der Waals surface area contributed by atoms with Crippen molar-refractivity contribution in [2.45, 2.75) is 26.8 Å². The van der Waals surface area contributed by atoms with Gasteiger partial charge in [-0.1, -0.05) is 18.2 Å². The van der Waals surface area contributed by atoms with Crippen LogP contribution in [0.3, 0.4) is 0 Å². The van der Waals surface area contributed by atoms with Crippen LogP contribution in [0.15, 0.2) is 54.6 Å². The fourth-order valence-corrected chi connectivity index (χ4v) is 2.98. The molecule has 0 fully saturated rings.